The van der Waals surface area contributed by atoms with Crippen molar-refractivity contribution in [1.82, 2.24) is 0 Å². The normalized spacial score (nSPS) is 10.8. The van der Waals surface area contributed by atoms with Gasteiger partial charge >= 0.3 is 0 Å². The second-order valence-corrected chi connectivity index (χ2v) is 5.32. The molecule has 0 saturated carbocycles. The van der Waals surface area contributed by atoms with Crippen LogP contribution in [-0.4, -0.2) is 13.7 Å². The molecule has 0 heterocycles. The van der Waals surface area contributed by atoms with Crippen LogP contribution in [0.4, 0.5) is 0 Å². The molecule has 0 aliphatic carbocycles. The number of benzene rings is 2. The summed E-state index contributed by atoms with van der Waals surface area (Å²) in [5, 5.41) is 2.45. The highest BCUT2D eigenvalue weighted by molar-refractivity contribution is 9.10. The van der Waals surface area contributed by atoms with Gasteiger partial charge in [0.2, 0.25) is 0 Å². The lowest BCUT2D eigenvalue weighted by Crippen LogP contribution is -2.00. The summed E-state index contributed by atoms with van der Waals surface area (Å²) in [7, 11) is 1.73. The maximum absolute atomic E-state index is 5.54. The Morgan fingerprint density at radius 3 is 2.67 bits per heavy atom. The third-order valence-electron chi connectivity index (χ3n) is 3.10. The topological polar surface area (TPSA) is 35.2 Å². The first kappa shape index (κ1) is 13.4. The molecule has 0 unspecified atom stereocenters. The molecule has 18 heavy (non-hydrogen) atoms. The van der Waals surface area contributed by atoms with Crippen molar-refractivity contribution in [3.63, 3.8) is 0 Å². The summed E-state index contributed by atoms with van der Waals surface area (Å²) in [6.07, 6.45) is 3.18. The fourth-order valence-electron chi connectivity index (χ4n) is 2.14. The van der Waals surface area contributed by atoms with Gasteiger partial charge in [0.25, 0.3) is 0 Å². The van der Waals surface area contributed by atoms with Crippen LogP contribution in [-0.2, 0) is 6.42 Å². The van der Waals surface area contributed by atoms with Gasteiger partial charge in [0.1, 0.15) is 5.75 Å². The van der Waals surface area contributed by atoms with E-state index in [9.17, 15) is 0 Å². The van der Waals surface area contributed by atoms with Crippen LogP contribution in [0, 0.1) is 0 Å². The fraction of sp³-hybridized carbons (Fsp3) is 0.333. The Balaban J connectivity index is 2.36. The predicted molar refractivity (Wildman–Crippen MR) is 80.2 cm³/mol. The number of aryl methyl sites for hydroxylation is 1. The molecular weight excluding hydrogens is 290 g/mol. The van der Waals surface area contributed by atoms with Crippen molar-refractivity contribution in [1.29, 1.82) is 0 Å². The first-order chi connectivity index (χ1) is 8.74. The molecule has 3 heteroatoms. The van der Waals surface area contributed by atoms with Crippen molar-refractivity contribution in [2.75, 3.05) is 13.7 Å². The van der Waals surface area contributed by atoms with Crippen LogP contribution < -0.4 is 10.5 Å². The summed E-state index contributed by atoms with van der Waals surface area (Å²) >= 11 is 3.51. The molecule has 2 rings (SSSR count). The van der Waals surface area contributed by atoms with Crippen LogP contribution in [0.5, 0.6) is 5.75 Å². The van der Waals surface area contributed by atoms with E-state index in [4.69, 9.17) is 10.5 Å². The lowest BCUT2D eigenvalue weighted by Gasteiger charge is -2.10. The minimum absolute atomic E-state index is 0.751. The number of ether oxygens (including phenoxy) is 1. The van der Waals surface area contributed by atoms with Crippen molar-refractivity contribution >= 4 is 26.7 Å². The number of unbranched alkanes of at least 4 members (excludes halogenated alkanes) is 1. The SMILES string of the molecule is COc1cc2ccc(Br)cc2cc1CCCCN. The van der Waals surface area contributed by atoms with Gasteiger partial charge in [-0.25, -0.2) is 0 Å². The van der Waals surface area contributed by atoms with Gasteiger partial charge in [-0.2, -0.15) is 0 Å². The van der Waals surface area contributed by atoms with Crippen LogP contribution >= 0.6 is 15.9 Å². The molecule has 0 radical (unpaired) electrons. The molecular formula is C15H18BrNO. The van der Waals surface area contributed by atoms with E-state index in [2.05, 4.69) is 46.3 Å². The van der Waals surface area contributed by atoms with Crippen LogP contribution in [0.3, 0.4) is 0 Å². The van der Waals surface area contributed by atoms with E-state index >= 15 is 0 Å². The van der Waals surface area contributed by atoms with E-state index in [1.165, 1.54) is 16.3 Å². The molecule has 0 bridgehead atoms. The average molecular weight is 308 g/mol. The van der Waals surface area contributed by atoms with Crippen molar-refractivity contribution in [3.8, 4) is 5.75 Å². The molecule has 2 aromatic rings. The van der Waals surface area contributed by atoms with Gasteiger partial charge < -0.3 is 10.5 Å². The highest BCUT2D eigenvalue weighted by atomic mass is 79.9. The maximum Gasteiger partial charge on any atom is 0.122 e. The molecule has 0 aliphatic heterocycles. The van der Waals surface area contributed by atoms with Gasteiger partial charge in [-0.15, -0.1) is 0 Å². The van der Waals surface area contributed by atoms with Crippen LogP contribution in [0.25, 0.3) is 10.8 Å². The Hall–Kier alpha value is -1.06. The zero-order valence-electron chi connectivity index (χ0n) is 10.6. The average Bonchev–Trinajstić information content (AvgIpc) is 2.38. The van der Waals surface area contributed by atoms with Gasteiger partial charge in [0.05, 0.1) is 7.11 Å². The lowest BCUT2D eigenvalue weighted by molar-refractivity contribution is 0.409. The van der Waals surface area contributed by atoms with Crippen LogP contribution in [0.15, 0.2) is 34.8 Å². The summed E-state index contributed by atoms with van der Waals surface area (Å²) in [5.41, 5.74) is 6.80. The van der Waals surface area contributed by atoms with Crippen molar-refractivity contribution < 1.29 is 4.74 Å². The highest BCUT2D eigenvalue weighted by Gasteiger charge is 2.05. The molecule has 0 amide bonds. The van der Waals surface area contributed by atoms with Crippen LogP contribution in [0.2, 0.25) is 0 Å². The summed E-state index contributed by atoms with van der Waals surface area (Å²) in [4.78, 5) is 0. The largest absolute Gasteiger partial charge is 0.496 e. The Morgan fingerprint density at radius 1 is 1.11 bits per heavy atom. The second-order valence-electron chi connectivity index (χ2n) is 4.40. The number of hydrogen-bond donors (Lipinski definition) is 1. The molecule has 0 saturated heterocycles. The summed E-state index contributed by atoms with van der Waals surface area (Å²) in [5.74, 6) is 0.974. The van der Waals surface area contributed by atoms with E-state index in [1.807, 2.05) is 0 Å². The highest BCUT2D eigenvalue weighted by Crippen LogP contribution is 2.29. The molecule has 0 spiro atoms. The molecule has 2 N–H and O–H groups in total. The Morgan fingerprint density at radius 2 is 1.94 bits per heavy atom. The number of methoxy groups -OCH3 is 1. The molecule has 96 valence electrons. The third-order valence-corrected chi connectivity index (χ3v) is 3.60. The van der Waals surface area contributed by atoms with Gasteiger partial charge in [-0.05, 0) is 66.4 Å². The van der Waals surface area contributed by atoms with E-state index in [1.54, 1.807) is 7.11 Å². The lowest BCUT2D eigenvalue weighted by atomic mass is 10.0. The van der Waals surface area contributed by atoms with Gasteiger partial charge in [0.15, 0.2) is 0 Å². The standard InChI is InChI=1S/C15H18BrNO/c1-18-15-10-11-5-6-14(16)9-13(11)8-12(15)4-2-3-7-17/h5-6,8-10H,2-4,7,17H2,1H3. The molecule has 0 fully saturated rings. The molecule has 0 atom stereocenters. The number of fused-ring (bicyclic) bond motifs is 1. The van der Waals surface area contributed by atoms with E-state index in [0.717, 1.165) is 36.0 Å². The summed E-state index contributed by atoms with van der Waals surface area (Å²) in [6, 6.07) is 10.6. The van der Waals surface area contributed by atoms with E-state index in [0.29, 0.717) is 0 Å². The third kappa shape index (κ3) is 3.03. The smallest absolute Gasteiger partial charge is 0.122 e. The van der Waals surface area contributed by atoms with E-state index in [-0.39, 0.29) is 0 Å². The van der Waals surface area contributed by atoms with Gasteiger partial charge in [-0.3, -0.25) is 0 Å². The number of halogens is 1. The van der Waals surface area contributed by atoms with Crippen molar-refractivity contribution in [2.24, 2.45) is 5.73 Å². The molecule has 0 aromatic heterocycles. The van der Waals surface area contributed by atoms with Crippen LogP contribution in [0.1, 0.15) is 18.4 Å². The summed E-state index contributed by atoms with van der Waals surface area (Å²) in [6.45, 7) is 0.751. The number of rotatable bonds is 5. The first-order valence-corrected chi connectivity index (χ1v) is 7.00. The molecule has 0 aliphatic rings. The Labute approximate surface area is 116 Å². The zero-order chi connectivity index (χ0) is 13.0. The predicted octanol–water partition coefficient (Wildman–Crippen LogP) is 3.89. The molecule has 2 nitrogen and oxygen atoms in total. The molecule has 2 aromatic carbocycles. The fourth-order valence-corrected chi connectivity index (χ4v) is 2.52. The van der Waals surface area contributed by atoms with Crippen molar-refractivity contribution in [3.05, 3.63) is 40.4 Å². The number of hydrogen-bond acceptors (Lipinski definition) is 2. The minimum atomic E-state index is 0.751. The zero-order valence-corrected chi connectivity index (χ0v) is 12.2. The van der Waals surface area contributed by atoms with Gasteiger partial charge in [0, 0.05) is 4.47 Å². The second kappa shape index (κ2) is 6.21. The number of nitrogens with two attached hydrogens (primary N) is 1. The summed E-state index contributed by atoms with van der Waals surface area (Å²) < 4.78 is 6.58. The maximum atomic E-state index is 5.54. The van der Waals surface area contributed by atoms with E-state index < -0.39 is 0 Å². The van der Waals surface area contributed by atoms with Gasteiger partial charge in [-0.1, -0.05) is 22.0 Å². The quantitative estimate of drug-likeness (QED) is 0.851. The first-order valence-electron chi connectivity index (χ1n) is 6.21. The minimum Gasteiger partial charge on any atom is -0.496 e. The van der Waals surface area contributed by atoms with Crippen molar-refractivity contribution in [2.45, 2.75) is 19.3 Å². The Bertz CT molecular complexity index is 539. The monoisotopic (exact) mass is 307 g/mol. The Kier molecular flexibility index (Phi) is 4.61.